The standard InChI is InChI=1S/C17H19FN2O2/c1-3-20(10-11-22-2)17(21)14-7-4-6-13(12-14)16-15(18)8-5-9-19-16/h4-9,12H,3,10-11H2,1-2H3. The molecule has 2 aromatic rings. The van der Waals surface area contributed by atoms with Gasteiger partial charge in [0.05, 0.1) is 6.61 Å². The molecule has 0 N–H and O–H groups in total. The molecule has 1 aromatic heterocycles. The van der Waals surface area contributed by atoms with Crippen molar-refractivity contribution in [2.75, 3.05) is 26.8 Å². The third-order valence-electron chi connectivity index (χ3n) is 3.38. The fourth-order valence-electron chi connectivity index (χ4n) is 2.18. The largest absolute Gasteiger partial charge is 0.383 e. The third kappa shape index (κ3) is 3.68. The number of carbonyl (C=O) groups excluding carboxylic acids is 1. The summed E-state index contributed by atoms with van der Waals surface area (Å²) in [6.45, 7) is 3.50. The predicted molar refractivity (Wildman–Crippen MR) is 83.1 cm³/mol. The van der Waals surface area contributed by atoms with Gasteiger partial charge in [0, 0.05) is 37.5 Å². The molecule has 0 saturated carbocycles. The molecule has 0 aliphatic rings. The fraction of sp³-hybridized carbons (Fsp3) is 0.294. The summed E-state index contributed by atoms with van der Waals surface area (Å²) in [4.78, 5) is 18.2. The monoisotopic (exact) mass is 302 g/mol. The summed E-state index contributed by atoms with van der Waals surface area (Å²) in [6, 6.07) is 9.77. The van der Waals surface area contributed by atoms with Gasteiger partial charge in [-0.15, -0.1) is 0 Å². The maximum absolute atomic E-state index is 13.8. The van der Waals surface area contributed by atoms with Crippen LogP contribution in [0.25, 0.3) is 11.3 Å². The lowest BCUT2D eigenvalue weighted by atomic mass is 10.1. The number of methoxy groups -OCH3 is 1. The molecule has 0 unspecified atom stereocenters. The minimum absolute atomic E-state index is 0.0993. The zero-order valence-electron chi connectivity index (χ0n) is 12.8. The average Bonchev–Trinajstić information content (AvgIpc) is 2.56. The minimum Gasteiger partial charge on any atom is -0.383 e. The number of nitrogens with zero attached hydrogens (tertiary/aromatic N) is 2. The lowest BCUT2D eigenvalue weighted by Crippen LogP contribution is -2.33. The molecule has 5 heteroatoms. The number of hydrogen-bond donors (Lipinski definition) is 0. The van der Waals surface area contributed by atoms with E-state index in [2.05, 4.69) is 4.98 Å². The van der Waals surface area contributed by atoms with Crippen molar-refractivity contribution in [3.8, 4) is 11.3 Å². The van der Waals surface area contributed by atoms with Gasteiger partial charge in [0.2, 0.25) is 0 Å². The van der Waals surface area contributed by atoms with Gasteiger partial charge in [-0.3, -0.25) is 9.78 Å². The van der Waals surface area contributed by atoms with Gasteiger partial charge in [0.25, 0.3) is 5.91 Å². The number of carbonyl (C=O) groups is 1. The Kier molecular flexibility index (Phi) is 5.61. The normalized spacial score (nSPS) is 10.5. The summed E-state index contributed by atoms with van der Waals surface area (Å²) in [5.74, 6) is -0.503. The van der Waals surface area contributed by atoms with Crippen molar-refractivity contribution in [3.63, 3.8) is 0 Å². The molecule has 0 aliphatic heterocycles. The van der Waals surface area contributed by atoms with Crippen molar-refractivity contribution < 1.29 is 13.9 Å². The molecule has 4 nitrogen and oxygen atoms in total. The van der Waals surface area contributed by atoms with Crippen molar-refractivity contribution >= 4 is 5.91 Å². The van der Waals surface area contributed by atoms with Crippen LogP contribution in [0, 0.1) is 5.82 Å². The zero-order chi connectivity index (χ0) is 15.9. The zero-order valence-corrected chi connectivity index (χ0v) is 12.8. The van der Waals surface area contributed by atoms with Gasteiger partial charge in [-0.2, -0.15) is 0 Å². The molecule has 0 saturated heterocycles. The second kappa shape index (κ2) is 7.66. The molecule has 22 heavy (non-hydrogen) atoms. The van der Waals surface area contributed by atoms with E-state index in [0.29, 0.717) is 30.8 Å². The summed E-state index contributed by atoms with van der Waals surface area (Å²) in [6.07, 6.45) is 1.53. The first-order chi connectivity index (χ1) is 10.7. The summed E-state index contributed by atoms with van der Waals surface area (Å²) in [7, 11) is 1.60. The number of rotatable bonds is 6. The number of amides is 1. The molecule has 0 radical (unpaired) electrons. The lowest BCUT2D eigenvalue weighted by molar-refractivity contribution is 0.0706. The Morgan fingerprint density at radius 1 is 1.32 bits per heavy atom. The highest BCUT2D eigenvalue weighted by atomic mass is 19.1. The second-order valence-electron chi connectivity index (χ2n) is 4.79. The first-order valence-electron chi connectivity index (χ1n) is 7.16. The number of ether oxygens (including phenoxy) is 1. The number of likely N-dealkylation sites (N-methyl/N-ethyl adjacent to an activating group) is 1. The smallest absolute Gasteiger partial charge is 0.253 e. The van der Waals surface area contributed by atoms with Crippen LogP contribution in [0.2, 0.25) is 0 Å². The fourth-order valence-corrected chi connectivity index (χ4v) is 2.18. The van der Waals surface area contributed by atoms with E-state index in [-0.39, 0.29) is 11.6 Å². The number of pyridine rings is 1. The van der Waals surface area contributed by atoms with Crippen molar-refractivity contribution in [2.45, 2.75) is 6.92 Å². The van der Waals surface area contributed by atoms with Crippen LogP contribution in [0.5, 0.6) is 0 Å². The Bertz CT molecular complexity index is 646. The Hall–Kier alpha value is -2.27. The molecule has 2 rings (SSSR count). The minimum atomic E-state index is -0.404. The Balaban J connectivity index is 2.28. The lowest BCUT2D eigenvalue weighted by Gasteiger charge is -2.20. The Morgan fingerprint density at radius 3 is 2.82 bits per heavy atom. The van der Waals surface area contributed by atoms with Crippen molar-refractivity contribution in [3.05, 3.63) is 54.0 Å². The third-order valence-corrected chi connectivity index (χ3v) is 3.38. The molecule has 1 aromatic carbocycles. The molecule has 0 aliphatic carbocycles. The van der Waals surface area contributed by atoms with Gasteiger partial charge in [-0.1, -0.05) is 12.1 Å². The first kappa shape index (κ1) is 16.1. The molecule has 1 amide bonds. The van der Waals surface area contributed by atoms with Gasteiger partial charge < -0.3 is 9.64 Å². The molecule has 0 spiro atoms. The van der Waals surface area contributed by atoms with Gasteiger partial charge in [0.1, 0.15) is 11.5 Å². The van der Waals surface area contributed by atoms with Crippen LogP contribution < -0.4 is 0 Å². The average molecular weight is 302 g/mol. The summed E-state index contributed by atoms with van der Waals surface area (Å²) < 4.78 is 18.8. The van der Waals surface area contributed by atoms with Gasteiger partial charge in [-0.05, 0) is 31.2 Å². The maximum Gasteiger partial charge on any atom is 0.253 e. The first-order valence-corrected chi connectivity index (χ1v) is 7.16. The second-order valence-corrected chi connectivity index (χ2v) is 4.79. The van der Waals surface area contributed by atoms with Gasteiger partial charge in [-0.25, -0.2) is 4.39 Å². The molecule has 0 fully saturated rings. The quantitative estimate of drug-likeness (QED) is 0.824. The number of benzene rings is 1. The SMILES string of the molecule is CCN(CCOC)C(=O)c1cccc(-c2ncccc2F)c1. The molecular weight excluding hydrogens is 283 g/mol. The summed E-state index contributed by atoms with van der Waals surface area (Å²) in [5.41, 5.74) is 1.35. The summed E-state index contributed by atoms with van der Waals surface area (Å²) >= 11 is 0. The van der Waals surface area contributed by atoms with E-state index in [0.717, 1.165) is 0 Å². The number of aromatic nitrogens is 1. The highest BCUT2D eigenvalue weighted by Crippen LogP contribution is 2.21. The van der Waals surface area contributed by atoms with E-state index in [9.17, 15) is 9.18 Å². The maximum atomic E-state index is 13.8. The van der Waals surface area contributed by atoms with E-state index in [1.54, 1.807) is 36.3 Å². The van der Waals surface area contributed by atoms with Crippen molar-refractivity contribution in [2.24, 2.45) is 0 Å². The molecular formula is C17H19FN2O2. The van der Waals surface area contributed by atoms with Crippen molar-refractivity contribution in [1.82, 2.24) is 9.88 Å². The molecule has 116 valence electrons. The van der Waals surface area contributed by atoms with E-state index in [4.69, 9.17) is 4.74 Å². The number of hydrogen-bond acceptors (Lipinski definition) is 3. The topological polar surface area (TPSA) is 42.4 Å². The van der Waals surface area contributed by atoms with Crippen LogP contribution >= 0.6 is 0 Å². The summed E-state index contributed by atoms with van der Waals surface area (Å²) in [5, 5.41) is 0. The van der Waals surface area contributed by atoms with E-state index in [1.807, 2.05) is 6.92 Å². The van der Waals surface area contributed by atoms with E-state index >= 15 is 0 Å². The molecule has 1 heterocycles. The van der Waals surface area contributed by atoms with E-state index < -0.39 is 5.82 Å². The van der Waals surface area contributed by atoms with Crippen LogP contribution in [-0.2, 0) is 4.74 Å². The van der Waals surface area contributed by atoms with Crippen LogP contribution in [-0.4, -0.2) is 42.6 Å². The highest BCUT2D eigenvalue weighted by molar-refractivity contribution is 5.95. The molecule has 0 atom stereocenters. The predicted octanol–water partition coefficient (Wildman–Crippen LogP) is 3.00. The van der Waals surface area contributed by atoms with Crippen molar-refractivity contribution in [1.29, 1.82) is 0 Å². The van der Waals surface area contributed by atoms with Crippen LogP contribution in [0.15, 0.2) is 42.6 Å². The van der Waals surface area contributed by atoms with Crippen LogP contribution in [0.1, 0.15) is 17.3 Å². The number of halogens is 1. The Morgan fingerprint density at radius 2 is 2.14 bits per heavy atom. The Labute approximate surface area is 129 Å². The van der Waals surface area contributed by atoms with Gasteiger partial charge >= 0.3 is 0 Å². The van der Waals surface area contributed by atoms with Crippen LogP contribution in [0.3, 0.4) is 0 Å². The van der Waals surface area contributed by atoms with E-state index in [1.165, 1.54) is 18.3 Å². The van der Waals surface area contributed by atoms with Crippen LogP contribution in [0.4, 0.5) is 4.39 Å². The highest BCUT2D eigenvalue weighted by Gasteiger charge is 2.15. The van der Waals surface area contributed by atoms with Gasteiger partial charge in [0.15, 0.2) is 0 Å². The molecule has 0 bridgehead atoms.